The molecule has 0 spiro atoms. The van der Waals surface area contributed by atoms with Gasteiger partial charge in [0.2, 0.25) is 0 Å². The average molecular weight is 294 g/mol. The fourth-order valence-electron chi connectivity index (χ4n) is 1.69. The first-order chi connectivity index (χ1) is 9.65. The van der Waals surface area contributed by atoms with E-state index in [0.717, 1.165) is 17.4 Å². The van der Waals surface area contributed by atoms with E-state index in [1.165, 1.54) is 0 Å². The van der Waals surface area contributed by atoms with E-state index < -0.39 is 5.97 Å². The monoisotopic (exact) mass is 294 g/mol. The molecule has 6 nitrogen and oxygen atoms in total. The normalized spacial score (nSPS) is 10.3. The van der Waals surface area contributed by atoms with Gasteiger partial charge >= 0.3 is 5.97 Å². The molecule has 0 bridgehead atoms. The summed E-state index contributed by atoms with van der Waals surface area (Å²) in [5.41, 5.74) is 0.747. The summed E-state index contributed by atoms with van der Waals surface area (Å²) >= 11 is 1.15. The second-order valence-corrected chi connectivity index (χ2v) is 4.74. The number of carbonyl (C=O) groups is 1. The molecule has 0 atom stereocenters. The zero-order valence-corrected chi connectivity index (χ0v) is 11.9. The molecule has 0 amide bonds. The molecule has 2 aromatic rings. The van der Waals surface area contributed by atoms with Gasteiger partial charge in [0.15, 0.2) is 5.16 Å². The van der Waals surface area contributed by atoms with Gasteiger partial charge in [-0.25, -0.2) is 4.98 Å². The summed E-state index contributed by atoms with van der Waals surface area (Å²) in [6.07, 6.45) is 3.37. The van der Waals surface area contributed by atoms with Crippen LogP contribution >= 0.6 is 11.8 Å². The molecule has 1 aromatic heterocycles. The molecular weight excluding hydrogens is 280 g/mol. The van der Waals surface area contributed by atoms with E-state index in [1.54, 1.807) is 43.3 Å². The Hall–Kier alpha value is -2.15. The van der Waals surface area contributed by atoms with Gasteiger partial charge in [-0.3, -0.25) is 9.36 Å². The lowest BCUT2D eigenvalue weighted by molar-refractivity contribution is -0.133. The first-order valence-electron chi connectivity index (χ1n) is 5.76. The Bertz CT molecular complexity index is 612. The Morgan fingerprint density at radius 1 is 1.40 bits per heavy atom. The zero-order valence-electron chi connectivity index (χ0n) is 11.1. The van der Waals surface area contributed by atoms with Crippen LogP contribution < -0.4 is 9.47 Å². The lowest BCUT2D eigenvalue weighted by Gasteiger charge is -2.13. The SMILES string of the molecule is COc1ccc(OC)c(-n2ccnc2SCC(=O)O)c1. The van der Waals surface area contributed by atoms with Crippen molar-refractivity contribution in [2.24, 2.45) is 0 Å². The van der Waals surface area contributed by atoms with Gasteiger partial charge in [0, 0.05) is 18.5 Å². The fraction of sp³-hybridized carbons (Fsp3) is 0.231. The average Bonchev–Trinajstić information content (AvgIpc) is 2.92. The molecule has 2 rings (SSSR count). The van der Waals surface area contributed by atoms with Crippen molar-refractivity contribution in [3.8, 4) is 17.2 Å². The molecule has 1 heterocycles. The predicted octanol–water partition coefficient (Wildman–Crippen LogP) is 2.07. The van der Waals surface area contributed by atoms with E-state index in [4.69, 9.17) is 14.6 Å². The van der Waals surface area contributed by atoms with E-state index in [2.05, 4.69) is 4.98 Å². The predicted molar refractivity (Wildman–Crippen MR) is 75.0 cm³/mol. The van der Waals surface area contributed by atoms with Gasteiger partial charge in [0.1, 0.15) is 11.5 Å². The van der Waals surface area contributed by atoms with Gasteiger partial charge in [0.05, 0.1) is 25.7 Å². The number of thioether (sulfide) groups is 1. The number of imidazole rings is 1. The van der Waals surface area contributed by atoms with Crippen LogP contribution in [0, 0.1) is 0 Å². The van der Waals surface area contributed by atoms with Crippen LogP contribution in [0.25, 0.3) is 5.69 Å². The highest BCUT2D eigenvalue weighted by Crippen LogP contribution is 2.30. The van der Waals surface area contributed by atoms with Crippen molar-refractivity contribution in [2.45, 2.75) is 5.16 Å². The minimum atomic E-state index is -0.887. The lowest BCUT2D eigenvalue weighted by Crippen LogP contribution is -2.03. The van der Waals surface area contributed by atoms with Gasteiger partial charge in [0.25, 0.3) is 0 Å². The Kier molecular flexibility index (Phi) is 4.52. The molecule has 0 unspecified atom stereocenters. The molecule has 1 aromatic carbocycles. The van der Waals surface area contributed by atoms with Gasteiger partial charge in [-0.2, -0.15) is 0 Å². The molecule has 20 heavy (non-hydrogen) atoms. The van der Waals surface area contributed by atoms with Crippen LogP contribution in [0.2, 0.25) is 0 Å². The van der Waals surface area contributed by atoms with Gasteiger partial charge in [-0.15, -0.1) is 0 Å². The molecule has 0 radical (unpaired) electrons. The quantitative estimate of drug-likeness (QED) is 0.822. The molecule has 0 saturated heterocycles. The third kappa shape index (κ3) is 3.05. The van der Waals surface area contributed by atoms with Crippen molar-refractivity contribution in [3.05, 3.63) is 30.6 Å². The van der Waals surface area contributed by atoms with Crippen LogP contribution in [0.4, 0.5) is 0 Å². The van der Waals surface area contributed by atoms with E-state index in [9.17, 15) is 4.79 Å². The molecule has 0 fully saturated rings. The van der Waals surface area contributed by atoms with E-state index >= 15 is 0 Å². The molecule has 7 heteroatoms. The highest BCUT2D eigenvalue weighted by molar-refractivity contribution is 7.99. The van der Waals surface area contributed by atoms with Crippen LogP contribution in [-0.4, -0.2) is 40.6 Å². The van der Waals surface area contributed by atoms with Gasteiger partial charge in [-0.05, 0) is 12.1 Å². The van der Waals surface area contributed by atoms with E-state index in [1.807, 2.05) is 6.07 Å². The van der Waals surface area contributed by atoms with Gasteiger partial charge in [-0.1, -0.05) is 11.8 Å². The highest BCUT2D eigenvalue weighted by Gasteiger charge is 2.13. The Balaban J connectivity index is 2.40. The summed E-state index contributed by atoms with van der Waals surface area (Å²) < 4.78 is 12.3. The number of benzene rings is 1. The lowest BCUT2D eigenvalue weighted by atomic mass is 10.2. The number of nitrogens with zero attached hydrogens (tertiary/aromatic N) is 2. The van der Waals surface area contributed by atoms with Crippen LogP contribution in [-0.2, 0) is 4.79 Å². The van der Waals surface area contributed by atoms with Crippen molar-refractivity contribution in [2.75, 3.05) is 20.0 Å². The number of carboxylic acid groups (broad SMARTS) is 1. The molecule has 0 aliphatic carbocycles. The molecular formula is C13H14N2O4S. The topological polar surface area (TPSA) is 73.6 Å². The van der Waals surface area contributed by atoms with Gasteiger partial charge < -0.3 is 14.6 Å². The number of methoxy groups -OCH3 is 2. The van der Waals surface area contributed by atoms with Crippen molar-refractivity contribution in [1.82, 2.24) is 9.55 Å². The molecule has 1 N–H and O–H groups in total. The third-order valence-corrected chi connectivity index (χ3v) is 3.53. The number of hydrogen-bond donors (Lipinski definition) is 1. The molecule has 0 aliphatic rings. The maximum absolute atomic E-state index is 10.7. The summed E-state index contributed by atoms with van der Waals surface area (Å²) in [5, 5.41) is 9.34. The summed E-state index contributed by atoms with van der Waals surface area (Å²) in [4.78, 5) is 14.8. The summed E-state index contributed by atoms with van der Waals surface area (Å²) in [5.74, 6) is 0.398. The first kappa shape index (κ1) is 14.3. The fourth-order valence-corrected chi connectivity index (χ4v) is 2.38. The Morgan fingerprint density at radius 2 is 2.20 bits per heavy atom. The molecule has 0 aliphatic heterocycles. The van der Waals surface area contributed by atoms with Crippen LogP contribution in [0.1, 0.15) is 0 Å². The second-order valence-electron chi connectivity index (χ2n) is 3.80. The summed E-state index contributed by atoms with van der Waals surface area (Å²) in [6.45, 7) is 0. The summed E-state index contributed by atoms with van der Waals surface area (Å²) in [7, 11) is 3.16. The molecule has 106 valence electrons. The van der Waals surface area contributed by atoms with Crippen LogP contribution in [0.5, 0.6) is 11.5 Å². The Labute approximate surface area is 120 Å². The number of aromatic nitrogens is 2. The standard InChI is InChI=1S/C13H14N2O4S/c1-18-9-3-4-11(19-2)10(7-9)15-6-5-14-13(15)20-8-12(16)17/h3-7H,8H2,1-2H3,(H,16,17). The second kappa shape index (κ2) is 6.33. The maximum atomic E-state index is 10.7. The largest absolute Gasteiger partial charge is 0.497 e. The van der Waals surface area contributed by atoms with Crippen molar-refractivity contribution >= 4 is 17.7 Å². The Morgan fingerprint density at radius 3 is 2.85 bits per heavy atom. The minimum Gasteiger partial charge on any atom is -0.497 e. The van der Waals surface area contributed by atoms with Crippen molar-refractivity contribution in [1.29, 1.82) is 0 Å². The van der Waals surface area contributed by atoms with Crippen molar-refractivity contribution < 1.29 is 19.4 Å². The van der Waals surface area contributed by atoms with Crippen LogP contribution in [0.3, 0.4) is 0 Å². The van der Waals surface area contributed by atoms with Crippen molar-refractivity contribution in [3.63, 3.8) is 0 Å². The number of carboxylic acids is 1. The maximum Gasteiger partial charge on any atom is 0.313 e. The highest BCUT2D eigenvalue weighted by atomic mass is 32.2. The van der Waals surface area contributed by atoms with E-state index in [-0.39, 0.29) is 5.75 Å². The first-order valence-corrected chi connectivity index (χ1v) is 6.74. The smallest absolute Gasteiger partial charge is 0.313 e. The van der Waals surface area contributed by atoms with Crippen LogP contribution in [0.15, 0.2) is 35.7 Å². The zero-order chi connectivity index (χ0) is 14.5. The number of rotatable bonds is 6. The summed E-state index contributed by atoms with van der Waals surface area (Å²) in [6, 6.07) is 5.40. The number of aliphatic carboxylic acids is 1. The number of hydrogen-bond acceptors (Lipinski definition) is 5. The number of ether oxygens (including phenoxy) is 2. The van der Waals surface area contributed by atoms with E-state index in [0.29, 0.717) is 16.7 Å². The minimum absolute atomic E-state index is 0.0523. The third-order valence-electron chi connectivity index (χ3n) is 2.58. The molecule has 0 saturated carbocycles.